The predicted molar refractivity (Wildman–Crippen MR) is 173 cm³/mol. The van der Waals surface area contributed by atoms with Crippen molar-refractivity contribution in [2.24, 2.45) is 0 Å². The lowest BCUT2D eigenvalue weighted by Crippen LogP contribution is -2.67. The van der Waals surface area contributed by atoms with Crippen LogP contribution in [0.1, 0.15) is 40.0 Å². The van der Waals surface area contributed by atoms with Crippen molar-refractivity contribution in [1.82, 2.24) is 34.6 Å². The van der Waals surface area contributed by atoms with Gasteiger partial charge in [-0.1, -0.05) is 60.7 Å². The van der Waals surface area contributed by atoms with Crippen molar-refractivity contribution in [2.45, 2.75) is 37.9 Å². The van der Waals surface area contributed by atoms with Gasteiger partial charge in [0.2, 0.25) is 11.8 Å². The number of rotatable bonds is 12. The first-order chi connectivity index (χ1) is 23.4. The Labute approximate surface area is 278 Å². The highest BCUT2D eigenvalue weighted by atomic mass is 19.3. The summed E-state index contributed by atoms with van der Waals surface area (Å²) in [5, 5.41) is 0. The maximum atomic E-state index is 13.5. The quantitative estimate of drug-likeness (QED) is 0.220. The van der Waals surface area contributed by atoms with Gasteiger partial charge >= 0.3 is 6.01 Å². The zero-order valence-corrected chi connectivity index (χ0v) is 27.0. The lowest BCUT2D eigenvalue weighted by atomic mass is 9.81. The number of ether oxygens (including phenoxy) is 3. The molecule has 2 aliphatic heterocycles. The Balaban J connectivity index is 1.36. The minimum atomic E-state index is -2.68. The van der Waals surface area contributed by atoms with Crippen LogP contribution in [-0.4, -0.2) is 112 Å². The number of halogens is 2. The number of fused-ring (bicyclic) bond motifs is 1. The zero-order chi connectivity index (χ0) is 33.5. The summed E-state index contributed by atoms with van der Waals surface area (Å²) in [4.78, 5) is 37.2. The van der Waals surface area contributed by atoms with Crippen LogP contribution in [0.2, 0.25) is 0 Å². The molecule has 13 heteroatoms. The molecule has 48 heavy (non-hydrogen) atoms. The molecule has 0 bridgehead atoms. The number of hydrogen-bond acceptors (Lipinski definition) is 10. The van der Waals surface area contributed by atoms with E-state index in [4.69, 9.17) is 14.2 Å². The third kappa shape index (κ3) is 7.52. The molecule has 11 nitrogen and oxygen atoms in total. The maximum Gasteiger partial charge on any atom is 0.323 e. The molecule has 0 N–H and O–H groups in total. The van der Waals surface area contributed by atoms with Gasteiger partial charge in [0.15, 0.2) is 6.61 Å². The molecule has 252 valence electrons. The van der Waals surface area contributed by atoms with Crippen molar-refractivity contribution >= 4 is 5.91 Å². The second-order valence-corrected chi connectivity index (χ2v) is 11.7. The van der Waals surface area contributed by atoms with Gasteiger partial charge in [0.05, 0.1) is 25.5 Å². The number of hydrogen-bond donors (Lipinski definition) is 0. The van der Waals surface area contributed by atoms with Crippen molar-refractivity contribution < 1.29 is 27.8 Å². The van der Waals surface area contributed by atoms with Gasteiger partial charge in [-0.2, -0.15) is 9.97 Å². The number of amides is 1. The van der Waals surface area contributed by atoms with Gasteiger partial charge in [0.1, 0.15) is 5.69 Å². The van der Waals surface area contributed by atoms with E-state index in [2.05, 4.69) is 78.3 Å². The van der Waals surface area contributed by atoms with Gasteiger partial charge in [-0.15, -0.1) is 0 Å². The Morgan fingerprint density at radius 3 is 2.25 bits per heavy atom. The normalized spacial score (nSPS) is 18.5. The van der Waals surface area contributed by atoms with Crippen LogP contribution >= 0.6 is 0 Å². The van der Waals surface area contributed by atoms with Crippen LogP contribution in [0, 0.1) is 0 Å². The summed E-state index contributed by atoms with van der Waals surface area (Å²) in [6.45, 7) is 4.72. The molecule has 2 unspecified atom stereocenters. The van der Waals surface area contributed by atoms with Crippen molar-refractivity contribution in [2.75, 3.05) is 53.0 Å². The fourth-order valence-corrected chi connectivity index (χ4v) is 6.76. The van der Waals surface area contributed by atoms with Crippen molar-refractivity contribution in [3.63, 3.8) is 0 Å². The van der Waals surface area contributed by atoms with E-state index in [1.807, 2.05) is 24.0 Å². The highest BCUT2D eigenvalue weighted by Gasteiger charge is 2.43. The maximum absolute atomic E-state index is 13.5. The Kier molecular flexibility index (Phi) is 10.7. The summed E-state index contributed by atoms with van der Waals surface area (Å²) in [5.41, 5.74) is 3.31. The molecule has 2 aromatic carbocycles. The Morgan fingerprint density at radius 1 is 0.917 bits per heavy atom. The number of alkyl halides is 2. The SMILES string of the molecule is CCOc1nc(OCC(F)F)nc(OC)c1CN1CC2CN(C(=O)c3cnccn3)CCN2C(C(c2ccccc2)c2ccccc2)C1. The van der Waals surface area contributed by atoms with Gasteiger partial charge in [-0.05, 0) is 18.1 Å². The highest BCUT2D eigenvalue weighted by molar-refractivity contribution is 5.92. The van der Waals surface area contributed by atoms with E-state index >= 15 is 0 Å². The van der Waals surface area contributed by atoms with Crippen LogP contribution < -0.4 is 14.2 Å². The average Bonchev–Trinajstić information content (AvgIpc) is 3.12. The van der Waals surface area contributed by atoms with E-state index in [1.165, 1.54) is 30.6 Å². The standard InChI is InChI=1S/C35H39F2N7O4/c1-3-47-33-27(32(46-2)40-35(41-33)48-23-30(36)37)21-42-19-26-20-43(34(45)28-18-38-14-15-39-28)16-17-44(26)29(22-42)31(24-10-6-4-7-11-24)25-12-8-5-9-13-25/h4-15,18,26,29-31H,3,16-17,19-23H2,1-2H3. The lowest BCUT2D eigenvalue weighted by Gasteiger charge is -2.53. The van der Waals surface area contributed by atoms with Crippen LogP contribution in [-0.2, 0) is 6.54 Å². The first kappa shape index (κ1) is 33.2. The summed E-state index contributed by atoms with van der Waals surface area (Å²) in [7, 11) is 1.47. The number of nitrogens with zero attached hydrogens (tertiary/aromatic N) is 7. The van der Waals surface area contributed by atoms with E-state index in [-0.39, 0.29) is 41.7 Å². The van der Waals surface area contributed by atoms with Gasteiger partial charge in [-0.25, -0.2) is 13.8 Å². The smallest absolute Gasteiger partial charge is 0.323 e. The molecule has 2 aliphatic rings. The third-order valence-corrected chi connectivity index (χ3v) is 8.75. The number of carbonyl (C=O) groups excluding carboxylic acids is 1. The molecule has 0 spiro atoms. The summed E-state index contributed by atoms with van der Waals surface area (Å²) in [5.74, 6) is 0.308. The number of carbonyl (C=O) groups is 1. The molecule has 1 amide bonds. The molecule has 0 aliphatic carbocycles. The molecule has 2 atom stereocenters. The molecule has 0 radical (unpaired) electrons. The molecular formula is C35H39F2N7O4. The lowest BCUT2D eigenvalue weighted by molar-refractivity contribution is -0.0293. The topological polar surface area (TPSA) is 106 Å². The number of benzene rings is 2. The highest BCUT2D eigenvalue weighted by Crippen LogP contribution is 2.37. The molecule has 4 aromatic rings. The van der Waals surface area contributed by atoms with Crippen LogP contribution in [0.4, 0.5) is 8.78 Å². The minimum Gasteiger partial charge on any atom is -0.481 e. The van der Waals surface area contributed by atoms with Gasteiger partial charge in [0.25, 0.3) is 12.3 Å². The molecule has 2 fully saturated rings. The number of piperazine rings is 2. The van der Waals surface area contributed by atoms with Gasteiger partial charge in [-0.3, -0.25) is 19.6 Å². The molecule has 6 rings (SSSR count). The van der Waals surface area contributed by atoms with Crippen LogP contribution in [0.15, 0.2) is 79.3 Å². The molecule has 0 saturated carbocycles. The van der Waals surface area contributed by atoms with E-state index < -0.39 is 13.0 Å². The molecular weight excluding hydrogens is 620 g/mol. The molecule has 2 saturated heterocycles. The predicted octanol–water partition coefficient (Wildman–Crippen LogP) is 4.16. The van der Waals surface area contributed by atoms with Crippen LogP contribution in [0.25, 0.3) is 0 Å². The van der Waals surface area contributed by atoms with Crippen LogP contribution in [0.5, 0.6) is 17.8 Å². The summed E-state index contributed by atoms with van der Waals surface area (Å²) in [6, 6.07) is 20.8. The van der Waals surface area contributed by atoms with Crippen molar-refractivity contribution in [1.29, 1.82) is 0 Å². The minimum absolute atomic E-state index is 0.0100. The summed E-state index contributed by atoms with van der Waals surface area (Å²) < 4.78 is 42.5. The van der Waals surface area contributed by atoms with Gasteiger partial charge < -0.3 is 19.1 Å². The zero-order valence-electron chi connectivity index (χ0n) is 27.0. The Hall–Kier alpha value is -4.75. The molecule has 4 heterocycles. The second-order valence-electron chi connectivity index (χ2n) is 11.7. The number of methoxy groups -OCH3 is 1. The van der Waals surface area contributed by atoms with E-state index in [9.17, 15) is 13.6 Å². The summed E-state index contributed by atoms with van der Waals surface area (Å²) >= 11 is 0. The van der Waals surface area contributed by atoms with E-state index in [0.717, 1.165) is 0 Å². The van der Waals surface area contributed by atoms with Crippen LogP contribution in [0.3, 0.4) is 0 Å². The fraction of sp³-hybridized carbons (Fsp3) is 0.400. The van der Waals surface area contributed by atoms with E-state index in [0.29, 0.717) is 57.1 Å². The number of aromatic nitrogens is 4. The Bertz CT molecular complexity index is 1600. The second kappa shape index (κ2) is 15.4. The Morgan fingerprint density at radius 2 is 1.62 bits per heavy atom. The van der Waals surface area contributed by atoms with Gasteiger partial charge in [0, 0.05) is 69.7 Å². The van der Waals surface area contributed by atoms with Crippen molar-refractivity contribution in [3.8, 4) is 17.8 Å². The fourth-order valence-electron chi connectivity index (χ4n) is 6.76. The molecule has 2 aromatic heterocycles. The first-order valence-corrected chi connectivity index (χ1v) is 16.1. The first-order valence-electron chi connectivity index (χ1n) is 16.1. The van der Waals surface area contributed by atoms with Crippen molar-refractivity contribution in [3.05, 3.63) is 102 Å². The monoisotopic (exact) mass is 659 g/mol. The summed E-state index contributed by atoms with van der Waals surface area (Å²) in [6.07, 6.45) is 1.90. The third-order valence-electron chi connectivity index (χ3n) is 8.75. The van der Waals surface area contributed by atoms with E-state index in [1.54, 1.807) is 6.20 Å². The largest absolute Gasteiger partial charge is 0.481 e. The average molecular weight is 660 g/mol.